The third-order valence-electron chi connectivity index (χ3n) is 4.08. The number of halogens is 2. The third kappa shape index (κ3) is 18.6. The fourth-order valence-corrected chi connectivity index (χ4v) is 2.78. The van der Waals surface area contributed by atoms with Crippen LogP contribution in [0.2, 0.25) is 10.0 Å². The number of hydrogen-bond donors (Lipinski definition) is 4. The van der Waals surface area contributed by atoms with E-state index in [1.165, 1.54) is 6.92 Å². The van der Waals surface area contributed by atoms with Gasteiger partial charge in [0.05, 0.1) is 11.2 Å². The third-order valence-corrected chi connectivity index (χ3v) is 4.58. The standard InChI is InChI=1S/2C12H10ClN3O.C2H3N.Ag.NO3/c2*13-9-1-3-10(4-2-9)15-12(17)16-11-5-7-14-8-6-11;1-2-3;;2-1(3)4/h2*1-8H,(H2,14,15,16,17);1H3;;/q;;;+1;-1. The second-order valence-corrected chi connectivity index (χ2v) is 7.96. The van der Waals surface area contributed by atoms with Gasteiger partial charge in [0.2, 0.25) is 0 Å². The van der Waals surface area contributed by atoms with Gasteiger partial charge in [0.25, 0.3) is 0 Å². The van der Waals surface area contributed by atoms with Crippen molar-refractivity contribution in [1.82, 2.24) is 9.97 Å². The van der Waals surface area contributed by atoms with Gasteiger partial charge in [-0.2, -0.15) is 5.26 Å². The van der Waals surface area contributed by atoms with Crippen molar-refractivity contribution in [2.45, 2.75) is 6.92 Å². The van der Waals surface area contributed by atoms with Crippen LogP contribution in [0.3, 0.4) is 0 Å². The molecule has 0 aliphatic carbocycles. The Balaban J connectivity index is 0.000000644. The first-order chi connectivity index (χ1) is 19.6. The monoisotopic (exact) mass is 704 g/mol. The number of pyridine rings is 2. The fourth-order valence-electron chi connectivity index (χ4n) is 2.52. The molecule has 0 bridgehead atoms. The number of urea groups is 2. The minimum absolute atomic E-state index is 0. The molecule has 0 aliphatic heterocycles. The van der Waals surface area contributed by atoms with Crippen molar-refractivity contribution >= 4 is 58.0 Å². The first-order valence-electron chi connectivity index (χ1n) is 11.2. The van der Waals surface area contributed by atoms with E-state index in [1.54, 1.807) is 104 Å². The minimum atomic E-state index is -1.75. The molecule has 0 atom stereocenters. The maximum absolute atomic E-state index is 11.6. The molecule has 4 N–H and O–H groups in total. The Morgan fingerprint density at radius 2 is 0.881 bits per heavy atom. The number of carbonyl (C=O) groups is 2. The van der Waals surface area contributed by atoms with Crippen molar-refractivity contribution in [2.24, 2.45) is 0 Å². The van der Waals surface area contributed by atoms with E-state index < -0.39 is 5.09 Å². The average Bonchev–Trinajstić information content (AvgIpc) is 2.93. The molecular weight excluding hydrogens is 683 g/mol. The molecule has 0 spiro atoms. The fraction of sp³-hybridized carbons (Fsp3) is 0.0385. The number of anilines is 4. The Bertz CT molecular complexity index is 1300. The van der Waals surface area contributed by atoms with E-state index in [-0.39, 0.29) is 34.4 Å². The number of benzene rings is 2. The molecule has 4 aromatic rings. The van der Waals surface area contributed by atoms with E-state index in [2.05, 4.69) is 31.2 Å². The summed E-state index contributed by atoms with van der Waals surface area (Å²) in [5.74, 6) is 0. The summed E-state index contributed by atoms with van der Waals surface area (Å²) >= 11 is 11.5. The summed E-state index contributed by atoms with van der Waals surface area (Å²) in [7, 11) is 0. The summed E-state index contributed by atoms with van der Waals surface area (Å²) in [6.45, 7) is 1.43. The van der Waals surface area contributed by atoms with Gasteiger partial charge in [0, 0.05) is 64.5 Å². The predicted octanol–water partition coefficient (Wildman–Crippen LogP) is 7.05. The van der Waals surface area contributed by atoms with Crippen LogP contribution in [0.5, 0.6) is 0 Å². The van der Waals surface area contributed by atoms with E-state index in [0.29, 0.717) is 32.8 Å². The minimum Gasteiger partial charge on any atom is -0.356 e. The van der Waals surface area contributed by atoms with Gasteiger partial charge in [0.1, 0.15) is 0 Å². The van der Waals surface area contributed by atoms with E-state index in [9.17, 15) is 9.59 Å². The number of rotatable bonds is 4. The first-order valence-corrected chi connectivity index (χ1v) is 12.0. The van der Waals surface area contributed by atoms with Crippen LogP contribution in [0.15, 0.2) is 97.6 Å². The number of nitrogens with zero attached hydrogens (tertiary/aromatic N) is 4. The van der Waals surface area contributed by atoms with Gasteiger partial charge in [-0.1, -0.05) is 23.2 Å². The molecule has 13 nitrogen and oxygen atoms in total. The number of carbonyl (C=O) groups excluding carboxylic acids is 2. The summed E-state index contributed by atoms with van der Waals surface area (Å²) in [5, 5.41) is 34.1. The molecule has 2 aromatic carbocycles. The van der Waals surface area contributed by atoms with Crippen LogP contribution in [0.4, 0.5) is 32.3 Å². The van der Waals surface area contributed by atoms with Crippen LogP contribution < -0.4 is 21.3 Å². The van der Waals surface area contributed by atoms with Crippen molar-refractivity contribution in [3.05, 3.63) is 123 Å². The number of nitrogens with one attached hydrogen (secondary N) is 4. The molecule has 0 aliphatic rings. The van der Waals surface area contributed by atoms with Crippen LogP contribution in [-0.4, -0.2) is 27.1 Å². The number of nitriles is 1. The van der Waals surface area contributed by atoms with Crippen LogP contribution >= 0.6 is 23.2 Å². The molecule has 0 fully saturated rings. The summed E-state index contributed by atoms with van der Waals surface area (Å²) < 4.78 is 0. The molecule has 0 saturated carbocycles. The first kappa shape index (κ1) is 37.3. The normalized spacial score (nSPS) is 8.62. The zero-order chi connectivity index (χ0) is 30.5. The van der Waals surface area contributed by atoms with Crippen LogP contribution in [0.25, 0.3) is 0 Å². The van der Waals surface area contributed by atoms with E-state index >= 15 is 0 Å². The zero-order valence-electron chi connectivity index (χ0n) is 21.6. The van der Waals surface area contributed by atoms with Crippen LogP contribution in [-0.2, 0) is 22.4 Å². The van der Waals surface area contributed by atoms with Crippen molar-refractivity contribution in [3.63, 3.8) is 0 Å². The zero-order valence-corrected chi connectivity index (χ0v) is 24.6. The van der Waals surface area contributed by atoms with Crippen molar-refractivity contribution in [1.29, 1.82) is 5.26 Å². The van der Waals surface area contributed by atoms with Gasteiger partial charge in [-0.25, -0.2) is 9.59 Å². The molecular formula is C26H23AgCl2N8O5. The summed E-state index contributed by atoms with van der Waals surface area (Å²) in [5.41, 5.74) is 2.74. The van der Waals surface area contributed by atoms with E-state index in [4.69, 9.17) is 43.8 Å². The quantitative estimate of drug-likeness (QED) is 0.0983. The topological polar surface area (TPSA) is 198 Å². The number of hydrogen-bond acceptors (Lipinski definition) is 8. The van der Waals surface area contributed by atoms with Gasteiger partial charge >= 0.3 is 34.4 Å². The summed E-state index contributed by atoms with van der Waals surface area (Å²) in [4.78, 5) is 39.2. The van der Waals surface area contributed by atoms with Gasteiger partial charge < -0.3 is 36.6 Å². The Morgan fingerprint density at radius 1 is 0.667 bits per heavy atom. The van der Waals surface area contributed by atoms with Crippen molar-refractivity contribution in [2.75, 3.05) is 21.3 Å². The molecule has 2 heterocycles. The Morgan fingerprint density at radius 3 is 1.12 bits per heavy atom. The Hall–Kier alpha value is -4.71. The van der Waals surface area contributed by atoms with E-state index in [0.717, 1.165) is 0 Å². The second-order valence-electron chi connectivity index (χ2n) is 7.09. The molecule has 42 heavy (non-hydrogen) atoms. The Labute approximate surface area is 266 Å². The number of aromatic nitrogens is 2. The van der Waals surface area contributed by atoms with Crippen LogP contribution in [0.1, 0.15) is 6.92 Å². The maximum Gasteiger partial charge on any atom is 1.00 e. The SMILES string of the molecule is CC#N.O=C(Nc1ccncc1)Nc1ccc(Cl)cc1.O=C(Nc1ccncc1)Nc1ccc(Cl)cc1.O=[N+]([O-])[O-].[Ag+]. The van der Waals surface area contributed by atoms with Gasteiger partial charge in [-0.05, 0) is 72.8 Å². The molecule has 4 amide bonds. The van der Waals surface area contributed by atoms with Gasteiger partial charge in [-0.3, -0.25) is 9.97 Å². The molecule has 0 saturated heterocycles. The van der Waals surface area contributed by atoms with E-state index in [1.807, 2.05) is 0 Å². The maximum atomic E-state index is 11.6. The smallest absolute Gasteiger partial charge is 0.356 e. The molecule has 2 aromatic heterocycles. The average molecular weight is 706 g/mol. The van der Waals surface area contributed by atoms with Crippen LogP contribution in [0, 0.1) is 26.7 Å². The van der Waals surface area contributed by atoms with Crippen molar-refractivity contribution in [3.8, 4) is 6.07 Å². The molecule has 4 rings (SSSR count). The molecule has 222 valence electrons. The molecule has 16 heteroatoms. The Kier molecular flexibility index (Phi) is 19.6. The predicted molar refractivity (Wildman–Crippen MR) is 158 cm³/mol. The van der Waals surface area contributed by atoms with Gasteiger partial charge in [-0.15, -0.1) is 0 Å². The largest absolute Gasteiger partial charge is 1.00 e. The summed E-state index contributed by atoms with van der Waals surface area (Å²) in [6, 6.07) is 21.7. The summed E-state index contributed by atoms with van der Waals surface area (Å²) in [6.07, 6.45) is 6.44. The molecule has 0 unspecified atom stereocenters. The molecule has 0 radical (unpaired) electrons. The van der Waals surface area contributed by atoms with Gasteiger partial charge in [0.15, 0.2) is 0 Å². The van der Waals surface area contributed by atoms with Crippen molar-refractivity contribution < 1.29 is 37.1 Å². The number of amides is 4. The second kappa shape index (κ2) is 22.0.